The maximum absolute atomic E-state index is 13.5. The third-order valence-corrected chi connectivity index (χ3v) is 7.18. The Morgan fingerprint density at radius 3 is 2.59 bits per heavy atom. The summed E-state index contributed by atoms with van der Waals surface area (Å²) in [5.41, 5.74) is 7.15. The second-order valence-corrected chi connectivity index (χ2v) is 9.32. The molecule has 32 heavy (non-hydrogen) atoms. The first-order valence-electron chi connectivity index (χ1n) is 11.9. The number of hydrogen-bond acceptors (Lipinski definition) is 3. The number of H-pyrrole nitrogens is 1. The molecular weight excluding hydrogens is 400 g/mol. The van der Waals surface area contributed by atoms with Crippen LogP contribution in [0.15, 0.2) is 18.2 Å². The van der Waals surface area contributed by atoms with Crippen LogP contribution < -0.4 is 5.32 Å². The molecule has 1 aromatic carbocycles. The molecule has 0 bridgehead atoms. The summed E-state index contributed by atoms with van der Waals surface area (Å²) in [5, 5.41) is 2.96. The first-order chi connectivity index (χ1) is 15.5. The molecule has 0 saturated carbocycles. The van der Waals surface area contributed by atoms with E-state index in [2.05, 4.69) is 15.2 Å². The zero-order valence-corrected chi connectivity index (χ0v) is 19.1. The summed E-state index contributed by atoms with van der Waals surface area (Å²) in [7, 11) is 0. The molecule has 0 aliphatic carbocycles. The number of likely N-dealkylation sites (tertiary alicyclic amines) is 1. The number of carbonyl (C=O) groups excluding carboxylic acids is 2. The van der Waals surface area contributed by atoms with Gasteiger partial charge in [-0.1, -0.05) is 18.6 Å². The SMILES string of the molecule is Cc1cccc2c1C(=Cc1[nH]c3c(c1C)C(=O)N(CCN1CCCCC1)CCC3)C(=O)N2. The van der Waals surface area contributed by atoms with E-state index in [0.29, 0.717) is 5.57 Å². The van der Waals surface area contributed by atoms with Crippen LogP contribution in [-0.2, 0) is 11.2 Å². The number of nitrogens with zero attached hydrogens (tertiary/aromatic N) is 2. The van der Waals surface area contributed by atoms with Gasteiger partial charge in [0.05, 0.1) is 11.1 Å². The van der Waals surface area contributed by atoms with E-state index in [4.69, 9.17) is 0 Å². The fourth-order valence-electron chi connectivity index (χ4n) is 5.38. The maximum atomic E-state index is 13.5. The van der Waals surface area contributed by atoms with Crippen molar-refractivity contribution in [2.45, 2.75) is 46.0 Å². The van der Waals surface area contributed by atoms with Gasteiger partial charge < -0.3 is 20.1 Å². The van der Waals surface area contributed by atoms with Gasteiger partial charge in [-0.25, -0.2) is 0 Å². The molecule has 0 unspecified atom stereocenters. The number of nitrogens with one attached hydrogen (secondary N) is 2. The molecular formula is C26H32N4O2. The predicted molar refractivity (Wildman–Crippen MR) is 128 cm³/mol. The number of benzene rings is 1. The molecule has 2 N–H and O–H groups in total. The lowest BCUT2D eigenvalue weighted by atomic mass is 9.99. The van der Waals surface area contributed by atoms with Crippen LogP contribution in [0.4, 0.5) is 5.69 Å². The molecule has 4 heterocycles. The van der Waals surface area contributed by atoms with Crippen LogP contribution in [-0.4, -0.2) is 59.3 Å². The fraction of sp³-hybridized carbons (Fsp3) is 0.462. The van der Waals surface area contributed by atoms with Gasteiger partial charge in [-0.2, -0.15) is 0 Å². The van der Waals surface area contributed by atoms with E-state index in [0.717, 1.165) is 84.9 Å². The molecule has 0 atom stereocenters. The topological polar surface area (TPSA) is 68.4 Å². The second-order valence-electron chi connectivity index (χ2n) is 9.32. The summed E-state index contributed by atoms with van der Waals surface area (Å²) < 4.78 is 0. The maximum Gasteiger partial charge on any atom is 0.256 e. The molecule has 6 heteroatoms. The number of piperidine rings is 1. The van der Waals surface area contributed by atoms with Crippen LogP contribution >= 0.6 is 0 Å². The molecule has 3 aliphatic heterocycles. The van der Waals surface area contributed by atoms with E-state index >= 15 is 0 Å². The highest BCUT2D eigenvalue weighted by molar-refractivity contribution is 6.35. The predicted octanol–water partition coefficient (Wildman–Crippen LogP) is 4.00. The van der Waals surface area contributed by atoms with Crippen molar-refractivity contribution in [3.8, 4) is 0 Å². The van der Waals surface area contributed by atoms with Gasteiger partial charge in [0.15, 0.2) is 0 Å². The molecule has 168 valence electrons. The van der Waals surface area contributed by atoms with Crippen LogP contribution in [0.1, 0.15) is 64.1 Å². The smallest absolute Gasteiger partial charge is 0.256 e. The third-order valence-electron chi connectivity index (χ3n) is 7.18. The molecule has 1 saturated heterocycles. The normalized spacial score (nSPS) is 20.3. The summed E-state index contributed by atoms with van der Waals surface area (Å²) in [6.45, 7) is 8.87. The Kier molecular flexibility index (Phi) is 5.64. The van der Waals surface area contributed by atoms with Gasteiger partial charge in [0.25, 0.3) is 11.8 Å². The Balaban J connectivity index is 1.42. The summed E-state index contributed by atoms with van der Waals surface area (Å²) in [6, 6.07) is 5.91. The van der Waals surface area contributed by atoms with Crippen molar-refractivity contribution >= 4 is 29.2 Å². The Labute approximate surface area is 189 Å². The average Bonchev–Trinajstić information content (AvgIpc) is 3.22. The van der Waals surface area contributed by atoms with Crippen molar-refractivity contribution in [1.29, 1.82) is 0 Å². The number of hydrogen-bond donors (Lipinski definition) is 2. The first-order valence-corrected chi connectivity index (χ1v) is 11.9. The molecule has 0 radical (unpaired) electrons. The Bertz CT molecular complexity index is 1090. The number of carbonyl (C=O) groups is 2. The van der Waals surface area contributed by atoms with E-state index < -0.39 is 0 Å². The van der Waals surface area contributed by atoms with E-state index in [-0.39, 0.29) is 11.8 Å². The summed E-state index contributed by atoms with van der Waals surface area (Å²) >= 11 is 0. The van der Waals surface area contributed by atoms with Crippen molar-refractivity contribution in [2.75, 3.05) is 38.0 Å². The number of anilines is 1. The Morgan fingerprint density at radius 1 is 0.969 bits per heavy atom. The lowest BCUT2D eigenvalue weighted by molar-refractivity contribution is -0.110. The quantitative estimate of drug-likeness (QED) is 0.718. The molecule has 6 nitrogen and oxygen atoms in total. The molecule has 2 aromatic rings. The van der Waals surface area contributed by atoms with Gasteiger partial charge in [-0.05, 0) is 75.9 Å². The summed E-state index contributed by atoms with van der Waals surface area (Å²) in [6.07, 6.45) is 7.59. The number of aryl methyl sites for hydroxylation is 2. The minimum atomic E-state index is -0.0898. The molecule has 1 aromatic heterocycles. The number of amides is 2. The van der Waals surface area contributed by atoms with Crippen molar-refractivity contribution in [2.24, 2.45) is 0 Å². The fourth-order valence-corrected chi connectivity index (χ4v) is 5.38. The highest BCUT2D eigenvalue weighted by Gasteiger charge is 2.30. The Morgan fingerprint density at radius 2 is 1.78 bits per heavy atom. The van der Waals surface area contributed by atoms with Crippen LogP contribution in [0.5, 0.6) is 0 Å². The summed E-state index contributed by atoms with van der Waals surface area (Å²) in [5.74, 6) is 0.0355. The minimum Gasteiger partial charge on any atom is -0.358 e. The van der Waals surface area contributed by atoms with Gasteiger partial charge in [-0.3, -0.25) is 9.59 Å². The van der Waals surface area contributed by atoms with Gasteiger partial charge in [-0.15, -0.1) is 0 Å². The standard InChI is InChI=1S/C26H32N4O2/c1-17-8-6-9-20-23(17)19(25(31)28-20)16-22-18(2)24-21(27-22)10-7-13-30(26(24)32)15-14-29-11-4-3-5-12-29/h6,8-9,16,27H,3-5,7,10-15H2,1-2H3,(H,28,31). The lowest BCUT2D eigenvalue weighted by Gasteiger charge is -2.29. The molecule has 5 rings (SSSR count). The molecule has 1 fully saturated rings. The zero-order chi connectivity index (χ0) is 22.2. The first kappa shape index (κ1) is 21.0. The van der Waals surface area contributed by atoms with Crippen molar-refractivity contribution in [3.05, 3.63) is 51.8 Å². The number of aromatic nitrogens is 1. The summed E-state index contributed by atoms with van der Waals surface area (Å²) in [4.78, 5) is 34.2. The zero-order valence-electron chi connectivity index (χ0n) is 19.1. The van der Waals surface area contributed by atoms with Crippen LogP contribution in [0, 0.1) is 13.8 Å². The Hall–Kier alpha value is -2.86. The van der Waals surface area contributed by atoms with Crippen LogP contribution in [0.3, 0.4) is 0 Å². The van der Waals surface area contributed by atoms with Crippen LogP contribution in [0.25, 0.3) is 11.6 Å². The number of rotatable bonds is 4. The molecule has 0 spiro atoms. The monoisotopic (exact) mass is 432 g/mol. The average molecular weight is 433 g/mol. The number of fused-ring (bicyclic) bond motifs is 2. The van der Waals surface area contributed by atoms with E-state index in [1.165, 1.54) is 19.3 Å². The highest BCUT2D eigenvalue weighted by Crippen LogP contribution is 2.36. The van der Waals surface area contributed by atoms with Gasteiger partial charge in [0, 0.05) is 42.3 Å². The van der Waals surface area contributed by atoms with Crippen molar-refractivity contribution in [3.63, 3.8) is 0 Å². The third kappa shape index (κ3) is 3.77. The second kappa shape index (κ2) is 8.58. The van der Waals surface area contributed by atoms with E-state index in [9.17, 15) is 9.59 Å². The highest BCUT2D eigenvalue weighted by atomic mass is 16.2. The number of aromatic amines is 1. The van der Waals surface area contributed by atoms with Crippen molar-refractivity contribution in [1.82, 2.24) is 14.8 Å². The van der Waals surface area contributed by atoms with Crippen molar-refractivity contribution < 1.29 is 9.59 Å². The van der Waals surface area contributed by atoms with Gasteiger partial charge in [0.2, 0.25) is 0 Å². The minimum absolute atomic E-state index is 0.0898. The lowest BCUT2D eigenvalue weighted by Crippen LogP contribution is -2.40. The molecule has 2 amide bonds. The molecule has 3 aliphatic rings. The van der Waals surface area contributed by atoms with Gasteiger partial charge >= 0.3 is 0 Å². The largest absolute Gasteiger partial charge is 0.358 e. The van der Waals surface area contributed by atoms with Gasteiger partial charge in [0.1, 0.15) is 0 Å². The van der Waals surface area contributed by atoms with Crippen LogP contribution in [0.2, 0.25) is 0 Å². The van der Waals surface area contributed by atoms with E-state index in [1.54, 1.807) is 0 Å². The van der Waals surface area contributed by atoms with E-state index in [1.807, 2.05) is 43.0 Å².